The van der Waals surface area contributed by atoms with Crippen LogP contribution in [0.5, 0.6) is 0 Å². The third-order valence-corrected chi connectivity index (χ3v) is 3.99. The molecule has 7 heteroatoms. The number of rotatable bonds is 6. The Bertz CT molecular complexity index is 676. The summed E-state index contributed by atoms with van der Waals surface area (Å²) in [6, 6.07) is 4.48. The predicted octanol–water partition coefficient (Wildman–Crippen LogP) is 1.69. The number of nitrogens with one attached hydrogen (secondary N) is 2. The van der Waals surface area contributed by atoms with Crippen molar-refractivity contribution in [2.24, 2.45) is 11.8 Å². The smallest absolute Gasteiger partial charge is 0.243 e. The van der Waals surface area contributed by atoms with Crippen LogP contribution in [0, 0.1) is 24.6 Å². The third-order valence-electron chi connectivity index (χ3n) is 3.99. The molecule has 0 spiro atoms. The number of aryl methyl sites for hydroxylation is 1. The van der Waals surface area contributed by atoms with Crippen LogP contribution in [0.4, 0.5) is 10.1 Å². The number of hydrogen-bond donors (Lipinski definition) is 2. The number of benzene rings is 1. The molecule has 1 saturated heterocycles. The molecule has 1 heterocycles. The minimum absolute atomic E-state index is 0.0416. The molecule has 2 N–H and O–H groups in total. The molecular weight excluding hydrogens is 325 g/mol. The highest BCUT2D eigenvalue weighted by Gasteiger charge is 2.34. The molecule has 1 aliphatic rings. The van der Waals surface area contributed by atoms with Gasteiger partial charge in [0.1, 0.15) is 5.82 Å². The van der Waals surface area contributed by atoms with Gasteiger partial charge < -0.3 is 15.5 Å². The fourth-order valence-electron chi connectivity index (χ4n) is 2.79. The Morgan fingerprint density at radius 2 is 2.08 bits per heavy atom. The van der Waals surface area contributed by atoms with Crippen LogP contribution in [-0.2, 0) is 14.4 Å². The van der Waals surface area contributed by atoms with E-state index in [0.29, 0.717) is 19.0 Å². The molecule has 0 saturated carbocycles. The van der Waals surface area contributed by atoms with Gasteiger partial charge >= 0.3 is 0 Å². The monoisotopic (exact) mass is 349 g/mol. The van der Waals surface area contributed by atoms with Crippen LogP contribution in [0.15, 0.2) is 18.2 Å². The van der Waals surface area contributed by atoms with E-state index in [2.05, 4.69) is 10.6 Å². The van der Waals surface area contributed by atoms with Gasteiger partial charge in [0, 0.05) is 19.5 Å². The van der Waals surface area contributed by atoms with E-state index in [1.165, 1.54) is 12.1 Å². The third kappa shape index (κ3) is 5.27. The quantitative estimate of drug-likeness (QED) is 0.820. The number of halogens is 1. The number of hydrogen-bond acceptors (Lipinski definition) is 3. The van der Waals surface area contributed by atoms with Crippen LogP contribution in [0.2, 0.25) is 0 Å². The van der Waals surface area contributed by atoms with Crippen molar-refractivity contribution in [1.29, 1.82) is 0 Å². The molecule has 0 aliphatic carbocycles. The van der Waals surface area contributed by atoms with Crippen LogP contribution >= 0.6 is 0 Å². The van der Waals surface area contributed by atoms with Gasteiger partial charge in [-0.3, -0.25) is 14.4 Å². The predicted molar refractivity (Wildman–Crippen MR) is 92.3 cm³/mol. The second-order valence-electron chi connectivity index (χ2n) is 6.84. The molecular formula is C18H24FN3O3. The first-order valence-electron chi connectivity index (χ1n) is 8.37. The largest absolute Gasteiger partial charge is 0.347 e. The molecule has 0 bridgehead atoms. The molecule has 6 nitrogen and oxygen atoms in total. The highest BCUT2D eigenvalue weighted by atomic mass is 19.1. The fourth-order valence-corrected chi connectivity index (χ4v) is 2.79. The minimum Gasteiger partial charge on any atom is -0.347 e. The molecule has 2 rings (SSSR count). The van der Waals surface area contributed by atoms with E-state index in [1.54, 1.807) is 17.9 Å². The zero-order chi connectivity index (χ0) is 18.6. The maximum Gasteiger partial charge on any atom is 0.243 e. The molecule has 136 valence electrons. The average molecular weight is 349 g/mol. The molecule has 1 fully saturated rings. The normalized spacial score (nSPS) is 17.1. The second-order valence-corrected chi connectivity index (χ2v) is 6.84. The highest BCUT2D eigenvalue weighted by Crippen LogP contribution is 2.19. The zero-order valence-electron chi connectivity index (χ0n) is 14.8. The van der Waals surface area contributed by atoms with E-state index in [9.17, 15) is 18.8 Å². The van der Waals surface area contributed by atoms with Gasteiger partial charge in [-0.25, -0.2) is 4.39 Å². The molecule has 25 heavy (non-hydrogen) atoms. The van der Waals surface area contributed by atoms with Gasteiger partial charge in [-0.15, -0.1) is 0 Å². The Kier molecular flexibility index (Phi) is 6.12. The van der Waals surface area contributed by atoms with Gasteiger partial charge in [-0.2, -0.15) is 0 Å². The summed E-state index contributed by atoms with van der Waals surface area (Å²) in [5.41, 5.74) is 0.824. The standard InChI is InChI=1S/C18H24FN3O3/c1-11(2)9-22-10-13(7-17(22)24)18(25)20-8-16(23)21-15-5-4-12(3)6-14(15)19/h4-6,11,13H,7-10H2,1-3H3,(H,20,25)(H,21,23)/t13-/m0/s1. The van der Waals surface area contributed by atoms with Crippen molar-refractivity contribution in [1.82, 2.24) is 10.2 Å². The lowest BCUT2D eigenvalue weighted by Gasteiger charge is -2.18. The Balaban J connectivity index is 1.81. The molecule has 1 aromatic carbocycles. The minimum atomic E-state index is -0.523. The first-order valence-corrected chi connectivity index (χ1v) is 8.37. The van der Waals surface area contributed by atoms with Gasteiger partial charge in [0.2, 0.25) is 17.7 Å². The maximum atomic E-state index is 13.7. The Morgan fingerprint density at radius 3 is 2.72 bits per heavy atom. The number of nitrogens with zero attached hydrogens (tertiary/aromatic N) is 1. The lowest BCUT2D eigenvalue weighted by molar-refractivity contribution is -0.129. The van der Waals surface area contributed by atoms with Crippen LogP contribution in [0.1, 0.15) is 25.8 Å². The van der Waals surface area contributed by atoms with E-state index < -0.39 is 17.6 Å². The molecule has 0 unspecified atom stereocenters. The molecule has 1 aliphatic heterocycles. The maximum absolute atomic E-state index is 13.7. The average Bonchev–Trinajstić information content (AvgIpc) is 2.88. The molecule has 1 atom stereocenters. The molecule has 0 aromatic heterocycles. The first-order chi connectivity index (χ1) is 11.8. The molecule has 0 radical (unpaired) electrons. The number of carbonyl (C=O) groups is 3. The highest BCUT2D eigenvalue weighted by molar-refractivity contribution is 5.96. The first kappa shape index (κ1) is 18.9. The van der Waals surface area contributed by atoms with E-state index in [1.807, 2.05) is 13.8 Å². The van der Waals surface area contributed by atoms with Gasteiger partial charge in [-0.05, 0) is 30.5 Å². The SMILES string of the molecule is Cc1ccc(NC(=O)CNC(=O)[C@H]2CC(=O)N(CC(C)C)C2)c(F)c1. The van der Waals surface area contributed by atoms with Crippen molar-refractivity contribution in [3.05, 3.63) is 29.6 Å². The summed E-state index contributed by atoms with van der Waals surface area (Å²) in [7, 11) is 0. The summed E-state index contributed by atoms with van der Waals surface area (Å²) >= 11 is 0. The van der Waals surface area contributed by atoms with E-state index in [0.717, 1.165) is 5.56 Å². The van der Waals surface area contributed by atoms with Gasteiger partial charge in [0.15, 0.2) is 0 Å². The summed E-state index contributed by atoms with van der Waals surface area (Å²) in [6.07, 6.45) is 0.159. The van der Waals surface area contributed by atoms with E-state index in [4.69, 9.17) is 0 Å². The Hall–Kier alpha value is -2.44. The lowest BCUT2D eigenvalue weighted by atomic mass is 10.1. The summed E-state index contributed by atoms with van der Waals surface area (Å²) in [4.78, 5) is 37.6. The number of amides is 3. The van der Waals surface area contributed by atoms with E-state index in [-0.39, 0.29) is 30.5 Å². The van der Waals surface area contributed by atoms with Crippen LogP contribution in [0.25, 0.3) is 0 Å². The molecule has 1 aromatic rings. The number of likely N-dealkylation sites (tertiary alicyclic amines) is 1. The van der Waals surface area contributed by atoms with Crippen molar-refractivity contribution in [3.8, 4) is 0 Å². The van der Waals surface area contributed by atoms with Crippen molar-refractivity contribution >= 4 is 23.4 Å². The van der Waals surface area contributed by atoms with Crippen LogP contribution in [-0.4, -0.2) is 42.3 Å². The van der Waals surface area contributed by atoms with Crippen molar-refractivity contribution in [2.45, 2.75) is 27.2 Å². The summed E-state index contributed by atoms with van der Waals surface area (Å²) < 4.78 is 13.7. The second kappa shape index (κ2) is 8.09. The Morgan fingerprint density at radius 1 is 1.36 bits per heavy atom. The van der Waals surface area contributed by atoms with Gasteiger partial charge in [-0.1, -0.05) is 19.9 Å². The van der Waals surface area contributed by atoms with Gasteiger partial charge in [0.05, 0.1) is 18.2 Å². The van der Waals surface area contributed by atoms with Crippen molar-refractivity contribution in [3.63, 3.8) is 0 Å². The lowest BCUT2D eigenvalue weighted by Crippen LogP contribution is -2.38. The van der Waals surface area contributed by atoms with Crippen LogP contribution in [0.3, 0.4) is 0 Å². The summed E-state index contributed by atoms with van der Waals surface area (Å²) in [5.74, 6) is -1.53. The number of anilines is 1. The Labute approximate surface area is 146 Å². The van der Waals surface area contributed by atoms with E-state index >= 15 is 0 Å². The van der Waals surface area contributed by atoms with Crippen LogP contribution < -0.4 is 10.6 Å². The topological polar surface area (TPSA) is 78.5 Å². The summed E-state index contributed by atoms with van der Waals surface area (Å²) in [6.45, 7) is 6.50. The summed E-state index contributed by atoms with van der Waals surface area (Å²) in [5, 5.41) is 4.94. The van der Waals surface area contributed by atoms with Crippen molar-refractivity contribution in [2.75, 3.05) is 25.0 Å². The number of carbonyl (C=O) groups excluding carboxylic acids is 3. The van der Waals surface area contributed by atoms with Gasteiger partial charge in [0.25, 0.3) is 0 Å². The zero-order valence-corrected chi connectivity index (χ0v) is 14.8. The molecule has 3 amide bonds. The van der Waals surface area contributed by atoms with Crippen molar-refractivity contribution < 1.29 is 18.8 Å². The fraction of sp³-hybridized carbons (Fsp3) is 0.500.